The molecule has 2 rings (SSSR count). The van der Waals surface area contributed by atoms with Crippen LogP contribution in [-0.2, 0) is 10.0 Å². The predicted octanol–water partition coefficient (Wildman–Crippen LogP) is 2.76. The van der Waals surface area contributed by atoms with Crippen LogP contribution < -0.4 is 10.5 Å². The SMILES string of the molecule is Cc1cc(F)c(S(=O)(=O)N[C@@H](C)c2ccccc2)cc1N. The van der Waals surface area contributed by atoms with Gasteiger partial charge in [-0.15, -0.1) is 0 Å². The van der Waals surface area contributed by atoms with E-state index in [1.54, 1.807) is 26.0 Å². The normalized spacial score (nSPS) is 13.1. The summed E-state index contributed by atoms with van der Waals surface area (Å²) >= 11 is 0. The molecule has 3 N–H and O–H groups in total. The second-order valence-corrected chi connectivity index (χ2v) is 6.58. The molecule has 1 atom stereocenters. The van der Waals surface area contributed by atoms with Crippen LogP contribution in [-0.4, -0.2) is 8.42 Å². The zero-order valence-electron chi connectivity index (χ0n) is 11.8. The maximum atomic E-state index is 13.9. The molecule has 0 spiro atoms. The van der Waals surface area contributed by atoms with Crippen LogP contribution in [0, 0.1) is 12.7 Å². The molecule has 0 radical (unpaired) electrons. The zero-order chi connectivity index (χ0) is 15.6. The van der Waals surface area contributed by atoms with Crippen LogP contribution >= 0.6 is 0 Å². The van der Waals surface area contributed by atoms with Gasteiger partial charge in [0.15, 0.2) is 0 Å². The molecule has 21 heavy (non-hydrogen) atoms. The molecular weight excluding hydrogens is 291 g/mol. The summed E-state index contributed by atoms with van der Waals surface area (Å²) in [6, 6.07) is 10.8. The molecule has 4 nitrogen and oxygen atoms in total. The molecule has 0 saturated carbocycles. The van der Waals surface area contributed by atoms with Gasteiger partial charge < -0.3 is 5.73 Å². The van der Waals surface area contributed by atoms with Crippen molar-refractivity contribution < 1.29 is 12.8 Å². The van der Waals surface area contributed by atoms with Crippen LogP contribution in [0.2, 0.25) is 0 Å². The molecule has 2 aromatic rings. The lowest BCUT2D eigenvalue weighted by atomic mass is 10.1. The van der Waals surface area contributed by atoms with Gasteiger partial charge in [0, 0.05) is 11.7 Å². The number of anilines is 1. The number of hydrogen-bond donors (Lipinski definition) is 2. The third-order valence-electron chi connectivity index (χ3n) is 3.24. The average Bonchev–Trinajstić information content (AvgIpc) is 2.43. The Balaban J connectivity index is 2.33. The van der Waals surface area contributed by atoms with Crippen molar-refractivity contribution in [1.82, 2.24) is 4.72 Å². The molecule has 0 aliphatic rings. The Morgan fingerprint density at radius 1 is 1.19 bits per heavy atom. The standard InChI is InChI=1S/C15H17FN2O2S/c1-10-8-13(16)15(9-14(10)17)21(19,20)18-11(2)12-6-4-3-5-7-12/h3-9,11,18H,17H2,1-2H3/t11-/m0/s1. The van der Waals surface area contributed by atoms with Crippen molar-refractivity contribution in [1.29, 1.82) is 0 Å². The third-order valence-corrected chi connectivity index (χ3v) is 4.80. The largest absolute Gasteiger partial charge is 0.398 e. The Labute approximate surface area is 123 Å². The molecule has 0 aliphatic carbocycles. The van der Waals surface area contributed by atoms with Gasteiger partial charge in [0.25, 0.3) is 0 Å². The summed E-state index contributed by atoms with van der Waals surface area (Å²) in [7, 11) is -3.98. The highest BCUT2D eigenvalue weighted by Crippen LogP contribution is 2.23. The fourth-order valence-corrected chi connectivity index (χ4v) is 3.31. The lowest BCUT2D eigenvalue weighted by Gasteiger charge is -2.15. The lowest BCUT2D eigenvalue weighted by molar-refractivity contribution is 0.547. The first kappa shape index (κ1) is 15.5. The molecule has 0 heterocycles. The quantitative estimate of drug-likeness (QED) is 0.853. The van der Waals surface area contributed by atoms with Crippen molar-refractivity contribution in [3.8, 4) is 0 Å². The summed E-state index contributed by atoms with van der Waals surface area (Å²) in [5, 5.41) is 0. The second kappa shape index (κ2) is 5.83. The predicted molar refractivity (Wildman–Crippen MR) is 80.7 cm³/mol. The monoisotopic (exact) mass is 308 g/mol. The maximum Gasteiger partial charge on any atom is 0.244 e. The van der Waals surface area contributed by atoms with Crippen LogP contribution in [0.3, 0.4) is 0 Å². The molecule has 0 unspecified atom stereocenters. The second-order valence-electron chi connectivity index (χ2n) is 4.89. The third kappa shape index (κ3) is 3.40. The molecule has 0 fully saturated rings. The van der Waals surface area contributed by atoms with Crippen LogP contribution in [0.25, 0.3) is 0 Å². The van der Waals surface area contributed by atoms with E-state index in [1.165, 1.54) is 0 Å². The smallest absolute Gasteiger partial charge is 0.244 e. The average molecular weight is 308 g/mol. The van der Waals surface area contributed by atoms with Gasteiger partial charge in [-0.3, -0.25) is 0 Å². The molecule has 0 amide bonds. The van der Waals surface area contributed by atoms with Crippen molar-refractivity contribution >= 4 is 15.7 Å². The van der Waals surface area contributed by atoms with Crippen molar-refractivity contribution in [2.75, 3.05) is 5.73 Å². The highest BCUT2D eigenvalue weighted by atomic mass is 32.2. The Kier molecular flexibility index (Phi) is 4.29. The van der Waals surface area contributed by atoms with E-state index >= 15 is 0 Å². The summed E-state index contributed by atoms with van der Waals surface area (Å²) in [6.45, 7) is 3.32. The van der Waals surface area contributed by atoms with Gasteiger partial charge in [-0.1, -0.05) is 30.3 Å². The van der Waals surface area contributed by atoms with Gasteiger partial charge in [-0.25, -0.2) is 17.5 Å². The van der Waals surface area contributed by atoms with E-state index in [9.17, 15) is 12.8 Å². The van der Waals surface area contributed by atoms with E-state index in [0.717, 1.165) is 17.7 Å². The minimum atomic E-state index is -3.98. The Morgan fingerprint density at radius 2 is 1.81 bits per heavy atom. The molecule has 0 aliphatic heterocycles. The number of nitrogens with two attached hydrogens (primary N) is 1. The van der Waals surface area contributed by atoms with Crippen molar-refractivity contribution in [3.63, 3.8) is 0 Å². The fourth-order valence-electron chi connectivity index (χ4n) is 1.98. The molecule has 6 heteroatoms. The van der Waals surface area contributed by atoms with Crippen LogP contribution in [0.4, 0.5) is 10.1 Å². The maximum absolute atomic E-state index is 13.9. The molecular formula is C15H17FN2O2S. The van der Waals surface area contributed by atoms with E-state index in [-0.39, 0.29) is 5.69 Å². The number of nitrogen functional groups attached to an aromatic ring is 1. The first-order valence-electron chi connectivity index (χ1n) is 6.44. The number of nitrogens with one attached hydrogen (secondary N) is 1. The number of halogens is 1. The van der Waals surface area contributed by atoms with Gasteiger partial charge in [0.05, 0.1) is 0 Å². The van der Waals surface area contributed by atoms with Crippen molar-refractivity contribution in [2.45, 2.75) is 24.8 Å². The number of sulfonamides is 1. The van der Waals surface area contributed by atoms with Gasteiger partial charge in [-0.05, 0) is 37.1 Å². The Hall–Kier alpha value is -1.92. The summed E-state index contributed by atoms with van der Waals surface area (Å²) in [5.41, 5.74) is 7.20. The van der Waals surface area contributed by atoms with Gasteiger partial charge in [-0.2, -0.15) is 0 Å². The molecule has 0 saturated heterocycles. The molecule has 0 bridgehead atoms. The highest BCUT2D eigenvalue weighted by Gasteiger charge is 2.23. The number of benzene rings is 2. The van der Waals surface area contributed by atoms with Crippen molar-refractivity contribution in [2.24, 2.45) is 0 Å². The van der Waals surface area contributed by atoms with Crippen LogP contribution in [0.15, 0.2) is 47.4 Å². The minimum absolute atomic E-state index is 0.240. The van der Waals surface area contributed by atoms with Crippen molar-refractivity contribution in [3.05, 3.63) is 59.4 Å². The summed E-state index contributed by atoms with van der Waals surface area (Å²) in [6.07, 6.45) is 0. The molecule has 112 valence electrons. The topological polar surface area (TPSA) is 72.2 Å². The minimum Gasteiger partial charge on any atom is -0.398 e. The summed E-state index contributed by atoms with van der Waals surface area (Å²) in [4.78, 5) is -0.437. The van der Waals surface area contributed by atoms with Crippen LogP contribution in [0.1, 0.15) is 24.1 Å². The van der Waals surface area contributed by atoms with Gasteiger partial charge >= 0.3 is 0 Å². The molecule has 0 aromatic heterocycles. The molecule has 2 aromatic carbocycles. The highest BCUT2D eigenvalue weighted by molar-refractivity contribution is 7.89. The summed E-state index contributed by atoms with van der Waals surface area (Å²) in [5.74, 6) is -0.811. The van der Waals surface area contributed by atoms with E-state index in [4.69, 9.17) is 5.73 Å². The number of hydrogen-bond acceptors (Lipinski definition) is 3. The van der Waals surface area contributed by atoms with Gasteiger partial charge in [0.2, 0.25) is 10.0 Å². The Morgan fingerprint density at radius 3 is 2.43 bits per heavy atom. The van der Waals surface area contributed by atoms with Gasteiger partial charge in [0.1, 0.15) is 10.7 Å². The van der Waals surface area contributed by atoms with E-state index < -0.39 is 26.8 Å². The fraction of sp³-hybridized carbons (Fsp3) is 0.200. The number of rotatable bonds is 4. The Bertz CT molecular complexity index is 746. The van der Waals surface area contributed by atoms with E-state index in [0.29, 0.717) is 5.56 Å². The van der Waals surface area contributed by atoms with E-state index in [2.05, 4.69) is 4.72 Å². The van der Waals surface area contributed by atoms with Crippen LogP contribution in [0.5, 0.6) is 0 Å². The lowest BCUT2D eigenvalue weighted by Crippen LogP contribution is -2.27. The zero-order valence-corrected chi connectivity index (χ0v) is 12.6. The number of aryl methyl sites for hydroxylation is 1. The summed E-state index contributed by atoms with van der Waals surface area (Å²) < 4.78 is 40.9. The van der Waals surface area contributed by atoms with E-state index in [1.807, 2.05) is 18.2 Å². The first-order chi connectivity index (χ1) is 9.81. The first-order valence-corrected chi connectivity index (χ1v) is 7.92.